The summed E-state index contributed by atoms with van der Waals surface area (Å²) in [5.41, 5.74) is 2.61. The van der Waals surface area contributed by atoms with Gasteiger partial charge < -0.3 is 9.47 Å². The Hall–Kier alpha value is -2.74. The van der Waals surface area contributed by atoms with Gasteiger partial charge >= 0.3 is 6.18 Å². The standard InChI is InChI=1S/C24H24F3N3OS/c25-24(26,27)17-30-21(19-9-3-1-4-10-19)15-28-23(30)32-16-18-8-7-11-20(14-18)22(31)29-12-5-2-6-13-29/h1,3-4,7-11,14-15H,2,5-6,12-13,16-17H2. The first-order chi connectivity index (χ1) is 15.4. The number of nitrogens with zero attached hydrogens (tertiary/aromatic N) is 3. The predicted octanol–water partition coefficient (Wildman–Crippen LogP) is 6.03. The van der Waals surface area contributed by atoms with Crippen molar-refractivity contribution >= 4 is 17.7 Å². The van der Waals surface area contributed by atoms with Gasteiger partial charge in [0, 0.05) is 24.4 Å². The van der Waals surface area contributed by atoms with E-state index < -0.39 is 12.7 Å². The van der Waals surface area contributed by atoms with E-state index in [-0.39, 0.29) is 5.91 Å². The van der Waals surface area contributed by atoms with Crippen LogP contribution in [0.3, 0.4) is 0 Å². The van der Waals surface area contributed by atoms with Gasteiger partial charge in [0.25, 0.3) is 5.91 Å². The van der Waals surface area contributed by atoms with E-state index in [1.165, 1.54) is 22.5 Å². The molecule has 0 atom stereocenters. The first-order valence-electron chi connectivity index (χ1n) is 10.6. The number of benzene rings is 2. The molecule has 2 aromatic carbocycles. The van der Waals surface area contributed by atoms with E-state index in [9.17, 15) is 18.0 Å². The lowest BCUT2D eigenvalue weighted by atomic mass is 10.1. The van der Waals surface area contributed by atoms with Crippen molar-refractivity contribution in [2.45, 2.75) is 42.9 Å². The van der Waals surface area contributed by atoms with Gasteiger partial charge in [0.05, 0.1) is 11.9 Å². The molecule has 1 aliphatic rings. The van der Waals surface area contributed by atoms with Crippen LogP contribution in [0.2, 0.25) is 0 Å². The maximum Gasteiger partial charge on any atom is 0.406 e. The zero-order valence-electron chi connectivity index (χ0n) is 17.5. The van der Waals surface area contributed by atoms with Gasteiger partial charge in [0.15, 0.2) is 5.16 Å². The number of carbonyl (C=O) groups is 1. The number of aromatic nitrogens is 2. The van der Waals surface area contributed by atoms with Crippen molar-refractivity contribution in [1.82, 2.24) is 14.5 Å². The van der Waals surface area contributed by atoms with Crippen LogP contribution in [-0.4, -0.2) is 39.6 Å². The highest BCUT2D eigenvalue weighted by molar-refractivity contribution is 7.98. The molecule has 1 amide bonds. The van der Waals surface area contributed by atoms with E-state index in [1.807, 2.05) is 29.2 Å². The number of carbonyl (C=O) groups excluding carboxylic acids is 1. The third-order valence-electron chi connectivity index (χ3n) is 5.41. The number of piperidine rings is 1. The van der Waals surface area contributed by atoms with E-state index in [2.05, 4.69) is 4.98 Å². The van der Waals surface area contributed by atoms with Crippen LogP contribution in [0.1, 0.15) is 35.2 Å². The maximum absolute atomic E-state index is 13.3. The fourth-order valence-electron chi connectivity index (χ4n) is 3.87. The van der Waals surface area contributed by atoms with Crippen molar-refractivity contribution < 1.29 is 18.0 Å². The Kier molecular flexibility index (Phi) is 6.89. The predicted molar refractivity (Wildman–Crippen MR) is 119 cm³/mol. The van der Waals surface area contributed by atoms with Gasteiger partial charge in [-0.3, -0.25) is 4.79 Å². The van der Waals surface area contributed by atoms with E-state index in [4.69, 9.17) is 0 Å². The Morgan fingerprint density at radius 2 is 1.75 bits per heavy atom. The molecule has 0 unspecified atom stereocenters. The largest absolute Gasteiger partial charge is 0.406 e. The van der Waals surface area contributed by atoms with Crippen LogP contribution in [0.5, 0.6) is 0 Å². The lowest BCUT2D eigenvalue weighted by Gasteiger charge is -2.26. The summed E-state index contributed by atoms with van der Waals surface area (Å²) in [6.45, 7) is 0.441. The van der Waals surface area contributed by atoms with Crippen LogP contribution in [0.25, 0.3) is 11.3 Å². The summed E-state index contributed by atoms with van der Waals surface area (Å²) in [5, 5.41) is 0.300. The highest BCUT2D eigenvalue weighted by Crippen LogP contribution is 2.31. The topological polar surface area (TPSA) is 38.1 Å². The second kappa shape index (κ2) is 9.81. The Balaban J connectivity index is 1.52. The molecule has 0 N–H and O–H groups in total. The number of thioether (sulfide) groups is 1. The van der Waals surface area contributed by atoms with E-state index in [0.717, 1.165) is 37.9 Å². The molecule has 168 valence electrons. The molecule has 0 aliphatic carbocycles. The minimum absolute atomic E-state index is 0.0153. The van der Waals surface area contributed by atoms with Crippen LogP contribution in [-0.2, 0) is 12.3 Å². The summed E-state index contributed by atoms with van der Waals surface area (Å²) in [4.78, 5) is 18.9. The molecule has 3 aromatic rings. The quantitative estimate of drug-likeness (QED) is 0.423. The van der Waals surface area contributed by atoms with E-state index in [1.54, 1.807) is 30.3 Å². The summed E-state index contributed by atoms with van der Waals surface area (Å²) in [6.07, 6.45) is 0.315. The summed E-state index contributed by atoms with van der Waals surface area (Å²) in [7, 11) is 0. The summed E-state index contributed by atoms with van der Waals surface area (Å²) < 4.78 is 41.0. The summed E-state index contributed by atoms with van der Waals surface area (Å²) in [5.74, 6) is 0.436. The fourth-order valence-corrected chi connectivity index (χ4v) is 4.79. The first kappa shape index (κ1) is 22.5. The molecule has 1 fully saturated rings. The molecule has 4 nitrogen and oxygen atoms in total. The third kappa shape index (κ3) is 5.54. The minimum Gasteiger partial charge on any atom is -0.339 e. The van der Waals surface area contributed by atoms with Crippen molar-refractivity contribution in [1.29, 1.82) is 0 Å². The summed E-state index contributed by atoms with van der Waals surface area (Å²) >= 11 is 1.24. The van der Waals surface area contributed by atoms with Crippen molar-refractivity contribution in [3.05, 3.63) is 71.9 Å². The maximum atomic E-state index is 13.3. The highest BCUT2D eigenvalue weighted by Gasteiger charge is 2.31. The molecule has 1 saturated heterocycles. The lowest BCUT2D eigenvalue weighted by Crippen LogP contribution is -2.35. The lowest BCUT2D eigenvalue weighted by molar-refractivity contribution is -0.141. The molecule has 1 aliphatic heterocycles. The molecule has 32 heavy (non-hydrogen) atoms. The number of rotatable bonds is 6. The van der Waals surface area contributed by atoms with Crippen LogP contribution in [0, 0.1) is 0 Å². The second-order valence-corrected chi connectivity index (χ2v) is 8.78. The highest BCUT2D eigenvalue weighted by atomic mass is 32.2. The Morgan fingerprint density at radius 3 is 2.47 bits per heavy atom. The Labute approximate surface area is 189 Å². The van der Waals surface area contributed by atoms with Gasteiger partial charge in [0.1, 0.15) is 6.54 Å². The van der Waals surface area contributed by atoms with Crippen molar-refractivity contribution in [2.75, 3.05) is 13.1 Å². The average Bonchev–Trinajstić information content (AvgIpc) is 3.19. The Bertz CT molecular complexity index is 1060. The van der Waals surface area contributed by atoms with Gasteiger partial charge in [-0.15, -0.1) is 0 Å². The van der Waals surface area contributed by atoms with Crippen LogP contribution < -0.4 is 0 Å². The molecule has 8 heteroatoms. The van der Waals surface area contributed by atoms with Gasteiger partial charge in [-0.1, -0.05) is 54.2 Å². The molecular formula is C24H24F3N3OS. The monoisotopic (exact) mass is 459 g/mol. The number of hydrogen-bond donors (Lipinski definition) is 0. The summed E-state index contributed by atoms with van der Waals surface area (Å²) in [6, 6.07) is 16.3. The van der Waals surface area contributed by atoms with Gasteiger partial charge in [-0.25, -0.2) is 4.98 Å². The number of alkyl halides is 3. The first-order valence-corrected chi connectivity index (χ1v) is 11.6. The van der Waals surface area contributed by atoms with Crippen LogP contribution in [0.4, 0.5) is 13.2 Å². The second-order valence-electron chi connectivity index (χ2n) is 7.84. The van der Waals surface area contributed by atoms with Crippen molar-refractivity contribution in [2.24, 2.45) is 0 Å². The molecule has 0 saturated carbocycles. The SMILES string of the molecule is O=C(c1cccc(CSc2ncc(-c3ccccc3)n2CC(F)(F)F)c1)N1CCCCC1. The van der Waals surface area contributed by atoms with Crippen molar-refractivity contribution in [3.63, 3.8) is 0 Å². The van der Waals surface area contributed by atoms with Crippen LogP contribution >= 0.6 is 11.8 Å². The number of likely N-dealkylation sites (tertiary alicyclic amines) is 1. The van der Waals surface area contributed by atoms with Crippen LogP contribution in [0.15, 0.2) is 66.0 Å². The molecule has 2 heterocycles. The molecular weight excluding hydrogens is 435 g/mol. The number of hydrogen-bond acceptors (Lipinski definition) is 3. The average molecular weight is 460 g/mol. The molecule has 0 bridgehead atoms. The van der Waals surface area contributed by atoms with Gasteiger partial charge in [-0.2, -0.15) is 13.2 Å². The molecule has 1 aromatic heterocycles. The van der Waals surface area contributed by atoms with Gasteiger partial charge in [-0.05, 0) is 42.5 Å². The normalized spacial score (nSPS) is 14.5. The molecule has 0 spiro atoms. The third-order valence-corrected chi connectivity index (χ3v) is 6.47. The minimum atomic E-state index is -4.36. The number of amides is 1. The number of halogens is 3. The zero-order chi connectivity index (χ0) is 22.6. The van der Waals surface area contributed by atoms with Crippen molar-refractivity contribution in [3.8, 4) is 11.3 Å². The van der Waals surface area contributed by atoms with Gasteiger partial charge in [0.2, 0.25) is 0 Å². The van der Waals surface area contributed by atoms with E-state index >= 15 is 0 Å². The molecule has 4 rings (SSSR count). The molecule has 0 radical (unpaired) electrons. The van der Waals surface area contributed by atoms with E-state index in [0.29, 0.717) is 27.7 Å². The number of imidazole rings is 1. The zero-order valence-corrected chi connectivity index (χ0v) is 18.3. The smallest absolute Gasteiger partial charge is 0.339 e. The Morgan fingerprint density at radius 1 is 1.00 bits per heavy atom. The fraction of sp³-hybridized carbons (Fsp3) is 0.333.